The molecule has 1 aromatic heterocycles. The summed E-state index contributed by atoms with van der Waals surface area (Å²) in [5, 5.41) is 0. The van der Waals surface area contributed by atoms with Gasteiger partial charge >= 0.3 is 0 Å². The number of hydrogen-bond acceptors (Lipinski definition) is 3. The molecule has 0 aliphatic heterocycles. The zero-order valence-corrected chi connectivity index (χ0v) is 10.8. The standard InChI is InChI=1S/C15H18N2O/c1-11-5-7-14(8-6-11)18-15-13(10-12(2)16)4-3-9-17-15/h3-9,12H,10,16H2,1-2H3. The normalized spacial score (nSPS) is 12.2. The summed E-state index contributed by atoms with van der Waals surface area (Å²) in [5.41, 5.74) is 8.07. The lowest BCUT2D eigenvalue weighted by Gasteiger charge is -2.11. The maximum absolute atomic E-state index is 5.82. The Morgan fingerprint density at radius 2 is 1.94 bits per heavy atom. The van der Waals surface area contributed by atoms with E-state index in [4.69, 9.17) is 10.5 Å². The third kappa shape index (κ3) is 3.31. The summed E-state index contributed by atoms with van der Waals surface area (Å²) in [6.07, 6.45) is 2.49. The van der Waals surface area contributed by atoms with Crippen molar-refractivity contribution in [2.75, 3.05) is 0 Å². The third-order valence-corrected chi connectivity index (χ3v) is 2.63. The molecule has 0 saturated carbocycles. The highest BCUT2D eigenvalue weighted by Crippen LogP contribution is 2.23. The van der Waals surface area contributed by atoms with Crippen LogP contribution in [0.4, 0.5) is 0 Å². The molecular formula is C15H18N2O. The second-order valence-electron chi connectivity index (χ2n) is 4.56. The molecule has 0 spiro atoms. The molecule has 2 rings (SSSR count). The maximum Gasteiger partial charge on any atom is 0.222 e. The molecule has 3 nitrogen and oxygen atoms in total. The molecular weight excluding hydrogens is 224 g/mol. The summed E-state index contributed by atoms with van der Waals surface area (Å²) in [6.45, 7) is 4.02. The van der Waals surface area contributed by atoms with Crippen LogP contribution in [-0.4, -0.2) is 11.0 Å². The molecule has 0 aliphatic carbocycles. The van der Waals surface area contributed by atoms with Crippen LogP contribution in [0, 0.1) is 6.92 Å². The highest BCUT2D eigenvalue weighted by Gasteiger charge is 2.07. The molecule has 2 aromatic rings. The van der Waals surface area contributed by atoms with Crippen molar-refractivity contribution in [2.24, 2.45) is 5.73 Å². The lowest BCUT2D eigenvalue weighted by molar-refractivity contribution is 0.454. The van der Waals surface area contributed by atoms with E-state index in [2.05, 4.69) is 4.98 Å². The molecule has 0 fully saturated rings. The van der Waals surface area contributed by atoms with Gasteiger partial charge in [-0.3, -0.25) is 0 Å². The van der Waals surface area contributed by atoms with E-state index in [0.717, 1.165) is 17.7 Å². The van der Waals surface area contributed by atoms with E-state index in [9.17, 15) is 0 Å². The van der Waals surface area contributed by atoms with Gasteiger partial charge in [-0.2, -0.15) is 0 Å². The monoisotopic (exact) mass is 242 g/mol. The van der Waals surface area contributed by atoms with Crippen LogP contribution < -0.4 is 10.5 Å². The van der Waals surface area contributed by atoms with Gasteiger partial charge in [0.1, 0.15) is 5.75 Å². The number of nitrogens with two attached hydrogens (primary N) is 1. The molecule has 0 saturated heterocycles. The summed E-state index contributed by atoms with van der Waals surface area (Å²) in [4.78, 5) is 4.27. The van der Waals surface area contributed by atoms with Crippen molar-refractivity contribution < 1.29 is 4.74 Å². The van der Waals surface area contributed by atoms with E-state index in [1.54, 1.807) is 6.20 Å². The average molecular weight is 242 g/mol. The molecule has 0 radical (unpaired) electrons. The summed E-state index contributed by atoms with van der Waals surface area (Å²) in [6, 6.07) is 11.9. The Bertz CT molecular complexity index is 506. The van der Waals surface area contributed by atoms with Gasteiger partial charge in [0.05, 0.1) is 0 Å². The molecule has 0 aliphatic rings. The molecule has 94 valence electrons. The molecule has 1 heterocycles. The average Bonchev–Trinajstić information content (AvgIpc) is 2.34. The van der Waals surface area contributed by atoms with E-state index in [-0.39, 0.29) is 6.04 Å². The first-order valence-electron chi connectivity index (χ1n) is 6.09. The zero-order chi connectivity index (χ0) is 13.0. The highest BCUT2D eigenvalue weighted by molar-refractivity contribution is 5.34. The smallest absolute Gasteiger partial charge is 0.222 e. The first-order chi connectivity index (χ1) is 8.65. The van der Waals surface area contributed by atoms with Crippen LogP contribution in [-0.2, 0) is 6.42 Å². The lowest BCUT2D eigenvalue weighted by atomic mass is 10.1. The largest absolute Gasteiger partial charge is 0.439 e. The van der Waals surface area contributed by atoms with E-state index in [1.807, 2.05) is 50.2 Å². The van der Waals surface area contributed by atoms with Gasteiger partial charge < -0.3 is 10.5 Å². The Labute approximate surface area is 108 Å². The van der Waals surface area contributed by atoms with E-state index >= 15 is 0 Å². The number of hydrogen-bond donors (Lipinski definition) is 1. The second kappa shape index (κ2) is 5.65. The Morgan fingerprint density at radius 1 is 1.22 bits per heavy atom. The van der Waals surface area contributed by atoms with Gasteiger partial charge in [0, 0.05) is 17.8 Å². The fourth-order valence-corrected chi connectivity index (χ4v) is 1.74. The second-order valence-corrected chi connectivity index (χ2v) is 4.56. The van der Waals surface area contributed by atoms with Crippen LogP contribution in [0.25, 0.3) is 0 Å². The van der Waals surface area contributed by atoms with E-state index in [1.165, 1.54) is 5.56 Å². The summed E-state index contributed by atoms with van der Waals surface area (Å²) < 4.78 is 5.80. The van der Waals surface area contributed by atoms with Crippen molar-refractivity contribution in [1.82, 2.24) is 4.98 Å². The first-order valence-corrected chi connectivity index (χ1v) is 6.09. The van der Waals surface area contributed by atoms with Crippen LogP contribution in [0.15, 0.2) is 42.6 Å². The van der Waals surface area contributed by atoms with E-state index < -0.39 is 0 Å². The van der Waals surface area contributed by atoms with E-state index in [0.29, 0.717) is 5.88 Å². The molecule has 18 heavy (non-hydrogen) atoms. The minimum atomic E-state index is 0.0922. The van der Waals surface area contributed by atoms with Crippen molar-refractivity contribution in [1.29, 1.82) is 0 Å². The van der Waals surface area contributed by atoms with Gasteiger partial charge in [-0.1, -0.05) is 23.8 Å². The minimum Gasteiger partial charge on any atom is -0.439 e. The number of benzene rings is 1. The minimum absolute atomic E-state index is 0.0922. The Balaban J connectivity index is 2.20. The molecule has 1 aromatic carbocycles. The van der Waals surface area contributed by atoms with Gasteiger partial charge in [-0.25, -0.2) is 4.98 Å². The molecule has 0 bridgehead atoms. The van der Waals surface area contributed by atoms with Gasteiger partial charge in [-0.05, 0) is 38.5 Å². The van der Waals surface area contributed by atoms with Crippen molar-refractivity contribution in [3.05, 3.63) is 53.7 Å². The van der Waals surface area contributed by atoms with Gasteiger partial charge in [0.15, 0.2) is 0 Å². The Hall–Kier alpha value is -1.87. The lowest BCUT2D eigenvalue weighted by Crippen LogP contribution is -2.18. The topological polar surface area (TPSA) is 48.1 Å². The van der Waals surface area contributed by atoms with Crippen molar-refractivity contribution >= 4 is 0 Å². The molecule has 3 heteroatoms. The number of aromatic nitrogens is 1. The van der Waals surface area contributed by atoms with Crippen LogP contribution in [0.1, 0.15) is 18.1 Å². The number of nitrogens with zero attached hydrogens (tertiary/aromatic N) is 1. The summed E-state index contributed by atoms with van der Waals surface area (Å²) >= 11 is 0. The predicted octanol–water partition coefficient (Wildman–Crippen LogP) is 3.07. The summed E-state index contributed by atoms with van der Waals surface area (Å²) in [7, 11) is 0. The summed E-state index contributed by atoms with van der Waals surface area (Å²) in [5.74, 6) is 1.43. The number of aryl methyl sites for hydroxylation is 1. The van der Waals surface area contributed by atoms with Crippen molar-refractivity contribution in [3.63, 3.8) is 0 Å². The van der Waals surface area contributed by atoms with Crippen molar-refractivity contribution in [3.8, 4) is 11.6 Å². The first kappa shape index (κ1) is 12.6. The van der Waals surface area contributed by atoms with Gasteiger partial charge in [-0.15, -0.1) is 0 Å². The molecule has 1 atom stereocenters. The predicted molar refractivity (Wildman–Crippen MR) is 72.8 cm³/mol. The SMILES string of the molecule is Cc1ccc(Oc2ncccc2CC(C)N)cc1. The van der Waals surface area contributed by atoms with Crippen molar-refractivity contribution in [2.45, 2.75) is 26.3 Å². The zero-order valence-electron chi connectivity index (χ0n) is 10.8. The van der Waals surface area contributed by atoms with Crippen LogP contribution >= 0.6 is 0 Å². The Kier molecular flexibility index (Phi) is 3.95. The quantitative estimate of drug-likeness (QED) is 0.896. The fraction of sp³-hybridized carbons (Fsp3) is 0.267. The number of pyridine rings is 1. The Morgan fingerprint density at radius 3 is 2.61 bits per heavy atom. The third-order valence-electron chi connectivity index (χ3n) is 2.63. The molecule has 0 amide bonds. The maximum atomic E-state index is 5.82. The highest BCUT2D eigenvalue weighted by atomic mass is 16.5. The molecule has 2 N–H and O–H groups in total. The van der Waals surface area contributed by atoms with Crippen LogP contribution in [0.2, 0.25) is 0 Å². The van der Waals surface area contributed by atoms with Gasteiger partial charge in [0.2, 0.25) is 5.88 Å². The number of ether oxygens (including phenoxy) is 1. The fourth-order valence-electron chi connectivity index (χ4n) is 1.74. The molecule has 1 unspecified atom stereocenters. The number of rotatable bonds is 4. The van der Waals surface area contributed by atoms with Crippen LogP contribution in [0.3, 0.4) is 0 Å². The van der Waals surface area contributed by atoms with Crippen LogP contribution in [0.5, 0.6) is 11.6 Å². The van der Waals surface area contributed by atoms with Gasteiger partial charge in [0.25, 0.3) is 0 Å².